The molecule has 6 heteroatoms. The third-order valence-corrected chi connectivity index (χ3v) is 3.03. The van der Waals surface area contributed by atoms with Crippen molar-refractivity contribution >= 4 is 35.0 Å². The van der Waals surface area contributed by atoms with Gasteiger partial charge in [-0.3, -0.25) is 10.2 Å². The lowest BCUT2D eigenvalue weighted by atomic mass is 10.2. The van der Waals surface area contributed by atoms with Crippen LogP contribution in [0.25, 0.3) is 10.8 Å². The number of hydrazone groups is 1. The molecule has 3 rings (SSSR count). The van der Waals surface area contributed by atoms with Gasteiger partial charge < -0.3 is 9.88 Å². The second-order valence-corrected chi connectivity index (χ2v) is 4.64. The highest BCUT2D eigenvalue weighted by atomic mass is 32.1. The molecule has 1 aliphatic heterocycles. The number of hydrogen-bond acceptors (Lipinski definition) is 4. The number of rotatable bonds is 2. The van der Waals surface area contributed by atoms with E-state index in [1.54, 1.807) is 0 Å². The average molecular weight is 260 g/mol. The molecule has 1 unspecified atom stereocenters. The van der Waals surface area contributed by atoms with Crippen LogP contribution in [0.4, 0.5) is 0 Å². The van der Waals surface area contributed by atoms with Crippen LogP contribution in [0.15, 0.2) is 41.8 Å². The van der Waals surface area contributed by atoms with E-state index >= 15 is 0 Å². The van der Waals surface area contributed by atoms with E-state index in [1.165, 1.54) is 0 Å². The molecule has 1 atom stereocenters. The number of hydrogen-bond donors (Lipinski definition) is 3. The monoisotopic (exact) mass is 260 g/mol. The molecule has 0 saturated heterocycles. The van der Waals surface area contributed by atoms with E-state index in [-0.39, 0.29) is 5.91 Å². The molecule has 0 saturated carbocycles. The van der Waals surface area contributed by atoms with Crippen molar-refractivity contribution < 1.29 is 4.79 Å². The Bertz CT molecular complexity index is 601. The van der Waals surface area contributed by atoms with Gasteiger partial charge >= 0.3 is 0 Å². The van der Waals surface area contributed by atoms with Gasteiger partial charge in [-0.15, -0.1) is 12.6 Å². The molecular weight excluding hydrogens is 248 g/mol. The van der Waals surface area contributed by atoms with Gasteiger partial charge in [-0.1, -0.05) is 24.3 Å². The number of benzene rings is 1. The van der Waals surface area contributed by atoms with Gasteiger partial charge in [0.2, 0.25) is 0 Å². The van der Waals surface area contributed by atoms with Crippen molar-refractivity contribution in [1.82, 2.24) is 15.3 Å². The molecule has 0 fully saturated rings. The summed E-state index contributed by atoms with van der Waals surface area (Å²) in [4.78, 5) is 11.7. The molecule has 18 heavy (non-hydrogen) atoms. The summed E-state index contributed by atoms with van der Waals surface area (Å²) in [7, 11) is 0. The molecule has 2 N–H and O–H groups in total. The Balaban J connectivity index is 1.86. The first-order chi connectivity index (χ1) is 8.72. The van der Waals surface area contributed by atoms with Gasteiger partial charge in [0.1, 0.15) is 5.71 Å². The molecule has 0 aliphatic carbocycles. The SMILES string of the molecule is O=C1NC(S)NN=C1Cn1cc2ccccc2c1. The van der Waals surface area contributed by atoms with Crippen LogP contribution in [0.5, 0.6) is 0 Å². The van der Waals surface area contributed by atoms with Crippen molar-refractivity contribution in [1.29, 1.82) is 0 Å². The fourth-order valence-corrected chi connectivity index (χ4v) is 2.12. The highest BCUT2D eigenvalue weighted by Crippen LogP contribution is 2.14. The number of carbonyl (C=O) groups is 1. The molecular formula is C12H12N4OS. The zero-order chi connectivity index (χ0) is 12.5. The molecule has 0 spiro atoms. The van der Waals surface area contributed by atoms with Crippen LogP contribution in [0.3, 0.4) is 0 Å². The lowest BCUT2D eigenvalue weighted by Gasteiger charge is -2.19. The summed E-state index contributed by atoms with van der Waals surface area (Å²) >= 11 is 4.07. The number of thiol groups is 1. The molecule has 1 aromatic carbocycles. The summed E-state index contributed by atoms with van der Waals surface area (Å²) in [5.74, 6) is -0.188. The minimum atomic E-state index is -0.412. The van der Waals surface area contributed by atoms with Gasteiger partial charge in [-0.25, -0.2) is 0 Å². The first-order valence-electron chi connectivity index (χ1n) is 5.58. The normalized spacial score (nSPS) is 19.3. The second-order valence-electron chi connectivity index (χ2n) is 4.12. The lowest BCUT2D eigenvalue weighted by Crippen LogP contribution is -2.49. The fourth-order valence-electron chi connectivity index (χ4n) is 1.94. The smallest absolute Gasteiger partial charge is 0.271 e. The molecule has 1 amide bonds. The number of fused-ring (bicyclic) bond motifs is 1. The van der Waals surface area contributed by atoms with Gasteiger partial charge in [-0.05, 0) is 10.8 Å². The standard InChI is InChI=1S/C12H12N4OS/c17-11-10(14-15-12(18)13-11)7-16-5-8-3-1-2-4-9(8)6-16/h1-6,12,15,18H,7H2,(H,13,17). The van der Waals surface area contributed by atoms with E-state index in [1.807, 2.05) is 41.2 Å². The van der Waals surface area contributed by atoms with E-state index in [2.05, 4.69) is 28.5 Å². The van der Waals surface area contributed by atoms with Gasteiger partial charge in [0.15, 0.2) is 5.50 Å². The van der Waals surface area contributed by atoms with Crippen LogP contribution in [-0.2, 0) is 11.3 Å². The molecule has 1 aromatic heterocycles. The maximum absolute atomic E-state index is 11.7. The number of carbonyl (C=O) groups excluding carboxylic acids is 1. The molecule has 5 nitrogen and oxygen atoms in total. The van der Waals surface area contributed by atoms with Crippen molar-refractivity contribution in [2.45, 2.75) is 12.0 Å². The Morgan fingerprint density at radius 1 is 1.28 bits per heavy atom. The predicted octanol–water partition coefficient (Wildman–Crippen LogP) is 0.930. The van der Waals surface area contributed by atoms with Gasteiger partial charge in [0.25, 0.3) is 5.91 Å². The summed E-state index contributed by atoms with van der Waals surface area (Å²) in [6.07, 6.45) is 4.00. The quantitative estimate of drug-likeness (QED) is 0.704. The first-order valence-corrected chi connectivity index (χ1v) is 6.09. The summed E-state index contributed by atoms with van der Waals surface area (Å²) in [5.41, 5.74) is 2.76. The molecule has 0 bridgehead atoms. The van der Waals surface area contributed by atoms with Gasteiger partial charge in [-0.2, -0.15) is 5.10 Å². The third kappa shape index (κ3) is 2.06. The largest absolute Gasteiger partial charge is 0.347 e. The minimum absolute atomic E-state index is 0.188. The summed E-state index contributed by atoms with van der Waals surface area (Å²) in [6, 6.07) is 8.06. The summed E-state index contributed by atoms with van der Waals surface area (Å²) in [6.45, 7) is 0.439. The van der Waals surface area contributed by atoms with Crippen LogP contribution >= 0.6 is 12.6 Å². The van der Waals surface area contributed by atoms with Crippen molar-refractivity contribution in [2.24, 2.45) is 5.10 Å². The molecule has 2 aromatic rings. The topological polar surface area (TPSA) is 58.4 Å². The Labute approximate surface area is 109 Å². The van der Waals surface area contributed by atoms with Crippen LogP contribution < -0.4 is 10.7 Å². The lowest BCUT2D eigenvalue weighted by molar-refractivity contribution is -0.115. The van der Waals surface area contributed by atoms with E-state index in [9.17, 15) is 4.79 Å². The molecule has 92 valence electrons. The van der Waals surface area contributed by atoms with Crippen LogP contribution in [0.1, 0.15) is 0 Å². The van der Waals surface area contributed by atoms with Gasteiger partial charge in [0, 0.05) is 12.4 Å². The van der Waals surface area contributed by atoms with Crippen LogP contribution in [0, 0.1) is 0 Å². The second kappa shape index (κ2) is 4.38. The summed E-state index contributed by atoms with van der Waals surface area (Å²) < 4.78 is 1.95. The zero-order valence-electron chi connectivity index (χ0n) is 9.50. The molecule has 2 heterocycles. The Morgan fingerprint density at radius 3 is 2.56 bits per heavy atom. The fraction of sp³-hybridized carbons (Fsp3) is 0.167. The predicted molar refractivity (Wildman–Crippen MR) is 73.4 cm³/mol. The Kier molecular flexibility index (Phi) is 2.71. The third-order valence-electron chi connectivity index (χ3n) is 2.79. The summed E-state index contributed by atoms with van der Waals surface area (Å²) in [5, 5.41) is 8.96. The van der Waals surface area contributed by atoms with E-state index in [4.69, 9.17) is 0 Å². The minimum Gasteiger partial charge on any atom is -0.347 e. The van der Waals surface area contributed by atoms with Crippen molar-refractivity contribution in [2.75, 3.05) is 0 Å². The zero-order valence-corrected chi connectivity index (χ0v) is 10.4. The van der Waals surface area contributed by atoms with E-state index in [0.29, 0.717) is 12.3 Å². The highest BCUT2D eigenvalue weighted by molar-refractivity contribution is 7.80. The van der Waals surface area contributed by atoms with Crippen molar-refractivity contribution in [3.05, 3.63) is 36.7 Å². The van der Waals surface area contributed by atoms with E-state index < -0.39 is 5.50 Å². The van der Waals surface area contributed by atoms with Crippen molar-refractivity contribution in [3.63, 3.8) is 0 Å². The number of aromatic nitrogens is 1. The Morgan fingerprint density at radius 2 is 1.94 bits per heavy atom. The number of amides is 1. The maximum atomic E-state index is 11.7. The van der Waals surface area contributed by atoms with Gasteiger partial charge in [0.05, 0.1) is 6.54 Å². The molecule has 1 aliphatic rings. The number of nitrogens with zero attached hydrogens (tertiary/aromatic N) is 2. The van der Waals surface area contributed by atoms with Crippen molar-refractivity contribution in [3.8, 4) is 0 Å². The highest BCUT2D eigenvalue weighted by Gasteiger charge is 2.19. The number of nitrogens with one attached hydrogen (secondary N) is 2. The van der Waals surface area contributed by atoms with Crippen LogP contribution in [0.2, 0.25) is 0 Å². The molecule has 0 radical (unpaired) electrons. The van der Waals surface area contributed by atoms with E-state index in [0.717, 1.165) is 10.8 Å². The average Bonchev–Trinajstić information content (AvgIpc) is 2.75. The van der Waals surface area contributed by atoms with Crippen LogP contribution in [-0.4, -0.2) is 21.7 Å². The Hall–Kier alpha value is -1.95. The first kappa shape index (κ1) is 11.2. The maximum Gasteiger partial charge on any atom is 0.271 e.